The second-order valence-electron chi connectivity index (χ2n) is 3.79. The predicted octanol–water partition coefficient (Wildman–Crippen LogP) is 1.22. The van der Waals surface area contributed by atoms with E-state index in [1.54, 1.807) is 0 Å². The Labute approximate surface area is 94.9 Å². The van der Waals surface area contributed by atoms with Crippen molar-refractivity contribution in [1.29, 1.82) is 0 Å². The molecule has 0 saturated heterocycles. The summed E-state index contributed by atoms with van der Waals surface area (Å²) in [6.45, 7) is 6.77. The molecule has 0 bridgehead atoms. The molecule has 0 radical (unpaired) electrons. The van der Waals surface area contributed by atoms with Gasteiger partial charge in [0.15, 0.2) is 0 Å². The van der Waals surface area contributed by atoms with Gasteiger partial charge in [0, 0.05) is 37.1 Å². The third kappa shape index (κ3) is 2.30. The molecule has 0 aliphatic heterocycles. The lowest BCUT2D eigenvalue weighted by Crippen LogP contribution is -2.15. The molecule has 0 spiro atoms. The fraction of sp³-hybridized carbons (Fsp3) is 0.455. The monoisotopic (exact) mass is 219 g/mol. The van der Waals surface area contributed by atoms with Gasteiger partial charge in [-0.05, 0) is 13.8 Å². The van der Waals surface area contributed by atoms with Gasteiger partial charge in [0.25, 0.3) is 0 Å². The molecule has 0 fully saturated rings. The SMILES string of the molecule is CCn1cncc1CNCc1cn[nH]c1C. The molecular weight excluding hydrogens is 202 g/mol. The molecule has 2 aromatic heterocycles. The van der Waals surface area contributed by atoms with E-state index in [0.29, 0.717) is 0 Å². The predicted molar refractivity (Wildman–Crippen MR) is 61.8 cm³/mol. The van der Waals surface area contributed by atoms with Gasteiger partial charge in [0.2, 0.25) is 0 Å². The first-order valence-electron chi connectivity index (χ1n) is 5.49. The maximum absolute atomic E-state index is 4.13. The summed E-state index contributed by atoms with van der Waals surface area (Å²) < 4.78 is 2.13. The standard InChI is InChI=1S/C11H17N5/c1-3-16-8-13-7-11(16)6-12-4-10-5-14-15-9(10)2/h5,7-8,12H,3-4,6H2,1-2H3,(H,14,15). The van der Waals surface area contributed by atoms with Gasteiger partial charge in [-0.1, -0.05) is 0 Å². The van der Waals surface area contributed by atoms with Crippen molar-refractivity contribution in [2.75, 3.05) is 0 Å². The molecular formula is C11H17N5. The van der Waals surface area contributed by atoms with E-state index in [1.165, 1.54) is 11.3 Å². The second-order valence-corrected chi connectivity index (χ2v) is 3.79. The Kier molecular flexibility index (Phi) is 3.36. The zero-order valence-electron chi connectivity index (χ0n) is 9.70. The summed E-state index contributed by atoms with van der Waals surface area (Å²) in [6, 6.07) is 0. The molecule has 16 heavy (non-hydrogen) atoms. The van der Waals surface area contributed by atoms with Crippen LogP contribution in [0.3, 0.4) is 0 Å². The van der Waals surface area contributed by atoms with Crippen LogP contribution in [0.5, 0.6) is 0 Å². The number of imidazole rings is 1. The van der Waals surface area contributed by atoms with Crippen molar-refractivity contribution in [3.05, 3.63) is 35.7 Å². The maximum Gasteiger partial charge on any atom is 0.0948 e. The van der Waals surface area contributed by atoms with E-state index in [4.69, 9.17) is 0 Å². The number of hydrogen-bond donors (Lipinski definition) is 2. The van der Waals surface area contributed by atoms with Gasteiger partial charge in [0.1, 0.15) is 0 Å². The number of H-pyrrole nitrogens is 1. The normalized spacial score (nSPS) is 10.9. The molecule has 2 aromatic rings. The minimum atomic E-state index is 0.831. The summed E-state index contributed by atoms with van der Waals surface area (Å²) in [5.41, 5.74) is 3.54. The Balaban J connectivity index is 1.87. The van der Waals surface area contributed by atoms with Gasteiger partial charge in [-0.2, -0.15) is 5.10 Å². The highest BCUT2D eigenvalue weighted by Crippen LogP contribution is 2.03. The minimum absolute atomic E-state index is 0.831. The summed E-state index contributed by atoms with van der Waals surface area (Å²) in [6.07, 6.45) is 5.62. The molecule has 0 saturated carbocycles. The van der Waals surface area contributed by atoms with Crippen molar-refractivity contribution >= 4 is 0 Å². The summed E-state index contributed by atoms with van der Waals surface area (Å²) in [7, 11) is 0. The molecule has 5 nitrogen and oxygen atoms in total. The largest absolute Gasteiger partial charge is 0.334 e. The van der Waals surface area contributed by atoms with Crippen LogP contribution in [0.15, 0.2) is 18.7 Å². The van der Waals surface area contributed by atoms with Crippen LogP contribution in [-0.2, 0) is 19.6 Å². The molecule has 0 amide bonds. The Morgan fingerprint density at radius 3 is 2.94 bits per heavy atom. The zero-order valence-corrected chi connectivity index (χ0v) is 9.70. The molecule has 5 heteroatoms. The summed E-state index contributed by atoms with van der Waals surface area (Å²) in [5, 5.41) is 10.3. The molecule has 2 N–H and O–H groups in total. The van der Waals surface area contributed by atoms with Gasteiger partial charge >= 0.3 is 0 Å². The molecule has 2 heterocycles. The molecule has 0 atom stereocenters. The molecule has 0 aliphatic carbocycles. The Bertz CT molecular complexity index is 443. The highest BCUT2D eigenvalue weighted by Gasteiger charge is 2.02. The molecule has 0 aliphatic rings. The number of aryl methyl sites for hydroxylation is 2. The number of rotatable bonds is 5. The number of nitrogens with zero attached hydrogens (tertiary/aromatic N) is 3. The topological polar surface area (TPSA) is 58.5 Å². The van der Waals surface area contributed by atoms with Crippen molar-refractivity contribution in [3.63, 3.8) is 0 Å². The Morgan fingerprint density at radius 1 is 1.38 bits per heavy atom. The van der Waals surface area contributed by atoms with Gasteiger partial charge in [-0.3, -0.25) is 5.10 Å². The van der Waals surface area contributed by atoms with E-state index in [0.717, 1.165) is 25.3 Å². The quantitative estimate of drug-likeness (QED) is 0.795. The first-order valence-corrected chi connectivity index (χ1v) is 5.49. The van der Waals surface area contributed by atoms with Crippen molar-refractivity contribution in [2.45, 2.75) is 33.5 Å². The van der Waals surface area contributed by atoms with E-state index in [1.807, 2.05) is 25.6 Å². The van der Waals surface area contributed by atoms with Crippen LogP contribution >= 0.6 is 0 Å². The fourth-order valence-electron chi connectivity index (χ4n) is 1.66. The third-order valence-electron chi connectivity index (χ3n) is 2.70. The van der Waals surface area contributed by atoms with E-state index in [2.05, 4.69) is 32.0 Å². The van der Waals surface area contributed by atoms with Gasteiger partial charge in [-0.15, -0.1) is 0 Å². The van der Waals surface area contributed by atoms with Crippen molar-refractivity contribution in [2.24, 2.45) is 0 Å². The van der Waals surface area contributed by atoms with Crippen molar-refractivity contribution in [3.8, 4) is 0 Å². The van der Waals surface area contributed by atoms with Crippen LogP contribution in [0.2, 0.25) is 0 Å². The lowest BCUT2D eigenvalue weighted by molar-refractivity contribution is 0.627. The fourth-order valence-corrected chi connectivity index (χ4v) is 1.66. The van der Waals surface area contributed by atoms with Crippen molar-refractivity contribution in [1.82, 2.24) is 25.1 Å². The average Bonchev–Trinajstić information content (AvgIpc) is 2.88. The van der Waals surface area contributed by atoms with Crippen LogP contribution in [0, 0.1) is 6.92 Å². The molecule has 0 aromatic carbocycles. The molecule has 86 valence electrons. The van der Waals surface area contributed by atoms with Crippen LogP contribution in [0.4, 0.5) is 0 Å². The molecule has 2 rings (SSSR count). The minimum Gasteiger partial charge on any atom is -0.334 e. The lowest BCUT2D eigenvalue weighted by atomic mass is 10.2. The maximum atomic E-state index is 4.13. The summed E-state index contributed by atoms with van der Waals surface area (Å²) >= 11 is 0. The molecule has 0 unspecified atom stereocenters. The smallest absolute Gasteiger partial charge is 0.0948 e. The second kappa shape index (κ2) is 4.94. The summed E-state index contributed by atoms with van der Waals surface area (Å²) in [4.78, 5) is 4.13. The van der Waals surface area contributed by atoms with Gasteiger partial charge in [0.05, 0.1) is 18.2 Å². The van der Waals surface area contributed by atoms with E-state index < -0.39 is 0 Å². The first kappa shape index (κ1) is 10.9. The Hall–Kier alpha value is -1.62. The van der Waals surface area contributed by atoms with Crippen LogP contribution in [0.1, 0.15) is 23.9 Å². The lowest BCUT2D eigenvalue weighted by Gasteiger charge is -2.06. The number of aromatic nitrogens is 4. The average molecular weight is 219 g/mol. The zero-order chi connectivity index (χ0) is 11.4. The number of hydrogen-bond acceptors (Lipinski definition) is 3. The summed E-state index contributed by atoms with van der Waals surface area (Å²) in [5.74, 6) is 0. The number of aromatic amines is 1. The highest BCUT2D eigenvalue weighted by atomic mass is 15.1. The van der Waals surface area contributed by atoms with E-state index in [9.17, 15) is 0 Å². The van der Waals surface area contributed by atoms with Crippen LogP contribution < -0.4 is 5.32 Å². The van der Waals surface area contributed by atoms with E-state index >= 15 is 0 Å². The first-order chi connectivity index (χ1) is 7.81. The number of nitrogens with one attached hydrogen (secondary N) is 2. The van der Waals surface area contributed by atoms with Crippen molar-refractivity contribution < 1.29 is 0 Å². The van der Waals surface area contributed by atoms with Crippen LogP contribution in [-0.4, -0.2) is 19.7 Å². The van der Waals surface area contributed by atoms with Crippen LogP contribution in [0.25, 0.3) is 0 Å². The Morgan fingerprint density at radius 2 is 2.25 bits per heavy atom. The van der Waals surface area contributed by atoms with Gasteiger partial charge < -0.3 is 9.88 Å². The third-order valence-corrected chi connectivity index (χ3v) is 2.70. The van der Waals surface area contributed by atoms with E-state index in [-0.39, 0.29) is 0 Å². The van der Waals surface area contributed by atoms with Gasteiger partial charge in [-0.25, -0.2) is 4.98 Å². The highest BCUT2D eigenvalue weighted by molar-refractivity contribution is 5.14.